The van der Waals surface area contributed by atoms with Gasteiger partial charge in [0.2, 0.25) is 11.8 Å². The van der Waals surface area contributed by atoms with E-state index >= 15 is 0 Å². The summed E-state index contributed by atoms with van der Waals surface area (Å²) in [4.78, 5) is 28.2. The van der Waals surface area contributed by atoms with Crippen molar-refractivity contribution in [3.8, 4) is 0 Å². The van der Waals surface area contributed by atoms with Crippen LogP contribution in [-0.2, 0) is 9.59 Å². The number of rotatable bonds is 2. The van der Waals surface area contributed by atoms with Gasteiger partial charge in [-0.3, -0.25) is 19.9 Å². The second kappa shape index (κ2) is 5.64. The molecule has 0 bridgehead atoms. The lowest BCUT2D eigenvalue weighted by Gasteiger charge is -2.34. The summed E-state index contributed by atoms with van der Waals surface area (Å²) in [6, 6.07) is 1.98. The highest BCUT2D eigenvalue weighted by Gasteiger charge is 2.42. The highest BCUT2D eigenvalue weighted by molar-refractivity contribution is 9.10. The topological polar surface area (TPSA) is 59.1 Å². The molecule has 1 N–H and O–H groups in total. The second-order valence-corrected chi connectivity index (χ2v) is 6.65. The molecule has 1 aromatic heterocycles. The number of nitrogens with one attached hydrogen (secondary N) is 1. The molecule has 1 saturated carbocycles. The van der Waals surface area contributed by atoms with Gasteiger partial charge in [0.15, 0.2) is 0 Å². The Morgan fingerprint density at radius 1 is 1.20 bits per heavy atom. The zero-order valence-electron chi connectivity index (χ0n) is 11.1. The van der Waals surface area contributed by atoms with Crippen LogP contribution in [0, 0.1) is 11.8 Å². The van der Waals surface area contributed by atoms with Crippen LogP contribution < -0.4 is 5.32 Å². The lowest BCUT2D eigenvalue weighted by Crippen LogP contribution is -2.47. The molecule has 2 aliphatic rings. The van der Waals surface area contributed by atoms with E-state index in [-0.39, 0.29) is 23.7 Å². The summed E-state index contributed by atoms with van der Waals surface area (Å²) in [6.07, 6.45) is 8.43. The smallest absolute Gasteiger partial charge is 0.230 e. The van der Waals surface area contributed by atoms with Gasteiger partial charge in [-0.05, 0) is 46.3 Å². The summed E-state index contributed by atoms with van der Waals surface area (Å²) in [7, 11) is 0. The van der Waals surface area contributed by atoms with Gasteiger partial charge in [0, 0.05) is 35.1 Å². The first-order chi connectivity index (χ1) is 9.65. The Hall–Kier alpha value is -1.23. The van der Waals surface area contributed by atoms with E-state index in [1.165, 1.54) is 12.8 Å². The summed E-state index contributed by atoms with van der Waals surface area (Å²) >= 11 is 3.41. The van der Waals surface area contributed by atoms with Crippen molar-refractivity contribution >= 4 is 27.7 Å². The molecule has 106 valence electrons. The average molecular weight is 337 g/mol. The van der Waals surface area contributed by atoms with Crippen LogP contribution in [0.2, 0.25) is 0 Å². The Labute approximate surface area is 126 Å². The SMILES string of the molecule is O=C1CC(c2cncc(Br)c2)C(C2CCCC2)C(=O)N1. The lowest BCUT2D eigenvalue weighted by molar-refractivity contribution is -0.138. The fourth-order valence-corrected chi connectivity index (χ4v) is 3.98. The highest BCUT2D eigenvalue weighted by Crippen LogP contribution is 2.42. The monoisotopic (exact) mass is 336 g/mol. The van der Waals surface area contributed by atoms with Crippen LogP contribution in [0.25, 0.3) is 0 Å². The van der Waals surface area contributed by atoms with Crippen LogP contribution in [0.15, 0.2) is 22.9 Å². The molecule has 2 amide bonds. The number of hydrogen-bond donors (Lipinski definition) is 1. The fourth-order valence-electron chi connectivity index (χ4n) is 3.60. The van der Waals surface area contributed by atoms with Crippen molar-refractivity contribution in [2.24, 2.45) is 11.8 Å². The standard InChI is InChI=1S/C15H17BrN2O2/c16-11-5-10(7-17-8-11)12-6-13(19)18-15(20)14(12)9-3-1-2-4-9/h5,7-9,12,14H,1-4,6H2,(H,18,19,20). The first kappa shape index (κ1) is 13.7. The number of nitrogens with zero attached hydrogens (tertiary/aromatic N) is 1. The molecular weight excluding hydrogens is 320 g/mol. The number of halogens is 1. The van der Waals surface area contributed by atoms with E-state index in [1.807, 2.05) is 6.07 Å². The molecular formula is C15H17BrN2O2. The number of carbonyl (C=O) groups is 2. The summed E-state index contributed by atoms with van der Waals surface area (Å²) in [5.74, 6) is -0.00456. The van der Waals surface area contributed by atoms with Crippen molar-refractivity contribution in [2.75, 3.05) is 0 Å². The largest absolute Gasteiger partial charge is 0.296 e. The van der Waals surface area contributed by atoms with Gasteiger partial charge in [-0.25, -0.2) is 0 Å². The van der Waals surface area contributed by atoms with Gasteiger partial charge in [-0.2, -0.15) is 0 Å². The minimum Gasteiger partial charge on any atom is -0.296 e. The van der Waals surface area contributed by atoms with Crippen molar-refractivity contribution in [1.29, 1.82) is 0 Å². The van der Waals surface area contributed by atoms with Gasteiger partial charge in [0.1, 0.15) is 0 Å². The number of piperidine rings is 1. The van der Waals surface area contributed by atoms with Gasteiger partial charge >= 0.3 is 0 Å². The normalized spacial score (nSPS) is 27.6. The molecule has 5 heteroatoms. The van der Waals surface area contributed by atoms with Crippen LogP contribution in [0.4, 0.5) is 0 Å². The maximum Gasteiger partial charge on any atom is 0.230 e. The zero-order chi connectivity index (χ0) is 14.1. The highest BCUT2D eigenvalue weighted by atomic mass is 79.9. The molecule has 1 aliphatic carbocycles. The third-order valence-electron chi connectivity index (χ3n) is 4.47. The van der Waals surface area contributed by atoms with E-state index in [0.717, 1.165) is 22.9 Å². The van der Waals surface area contributed by atoms with Gasteiger partial charge in [0.05, 0.1) is 0 Å². The van der Waals surface area contributed by atoms with Crippen LogP contribution in [0.3, 0.4) is 0 Å². The molecule has 4 nitrogen and oxygen atoms in total. The maximum absolute atomic E-state index is 12.3. The van der Waals surface area contributed by atoms with Gasteiger partial charge < -0.3 is 0 Å². The minimum atomic E-state index is -0.172. The Kier molecular flexibility index (Phi) is 3.87. The number of hydrogen-bond acceptors (Lipinski definition) is 3. The molecule has 2 atom stereocenters. The van der Waals surface area contributed by atoms with Crippen LogP contribution >= 0.6 is 15.9 Å². The number of imide groups is 1. The third-order valence-corrected chi connectivity index (χ3v) is 4.90. The quantitative estimate of drug-likeness (QED) is 0.845. The summed E-state index contributed by atoms with van der Waals surface area (Å²) in [6.45, 7) is 0. The molecule has 1 aromatic rings. The molecule has 0 radical (unpaired) electrons. The molecule has 2 fully saturated rings. The predicted octanol–water partition coefficient (Wildman–Crippen LogP) is 2.78. The number of aromatic nitrogens is 1. The van der Waals surface area contributed by atoms with Gasteiger partial charge in [-0.1, -0.05) is 12.8 Å². The van der Waals surface area contributed by atoms with E-state index in [1.54, 1.807) is 12.4 Å². The van der Waals surface area contributed by atoms with Crippen LogP contribution in [-0.4, -0.2) is 16.8 Å². The molecule has 1 aliphatic heterocycles. The molecule has 2 heterocycles. The average Bonchev–Trinajstić information content (AvgIpc) is 2.91. The summed E-state index contributed by atoms with van der Waals surface area (Å²) in [5, 5.41) is 2.51. The first-order valence-electron chi connectivity index (χ1n) is 7.09. The molecule has 0 spiro atoms. The van der Waals surface area contributed by atoms with Crippen molar-refractivity contribution in [2.45, 2.75) is 38.0 Å². The Morgan fingerprint density at radius 3 is 2.65 bits per heavy atom. The number of carbonyl (C=O) groups excluding carboxylic acids is 2. The Balaban J connectivity index is 1.94. The van der Waals surface area contributed by atoms with E-state index in [9.17, 15) is 9.59 Å². The van der Waals surface area contributed by atoms with Crippen LogP contribution in [0.1, 0.15) is 43.6 Å². The summed E-state index contributed by atoms with van der Waals surface area (Å²) < 4.78 is 0.888. The maximum atomic E-state index is 12.3. The number of amides is 2. The first-order valence-corrected chi connectivity index (χ1v) is 7.88. The Morgan fingerprint density at radius 2 is 1.95 bits per heavy atom. The summed E-state index contributed by atoms with van der Waals surface area (Å²) in [5.41, 5.74) is 0.986. The molecule has 1 saturated heterocycles. The molecule has 2 unspecified atom stereocenters. The van der Waals surface area contributed by atoms with Crippen molar-refractivity contribution in [3.63, 3.8) is 0 Å². The molecule has 3 rings (SSSR count). The van der Waals surface area contributed by atoms with E-state index in [4.69, 9.17) is 0 Å². The molecule has 0 aromatic carbocycles. The van der Waals surface area contributed by atoms with Crippen molar-refractivity contribution in [3.05, 3.63) is 28.5 Å². The van der Waals surface area contributed by atoms with Crippen molar-refractivity contribution in [1.82, 2.24) is 10.3 Å². The lowest BCUT2D eigenvalue weighted by atomic mass is 9.73. The second-order valence-electron chi connectivity index (χ2n) is 5.73. The van der Waals surface area contributed by atoms with Crippen molar-refractivity contribution < 1.29 is 9.59 Å². The number of pyridine rings is 1. The fraction of sp³-hybridized carbons (Fsp3) is 0.533. The minimum absolute atomic E-state index is 0.0376. The molecule has 20 heavy (non-hydrogen) atoms. The van der Waals surface area contributed by atoms with Gasteiger partial charge in [0.25, 0.3) is 0 Å². The van der Waals surface area contributed by atoms with E-state index in [2.05, 4.69) is 26.2 Å². The van der Waals surface area contributed by atoms with E-state index in [0.29, 0.717) is 12.3 Å². The Bertz CT molecular complexity index is 540. The zero-order valence-corrected chi connectivity index (χ0v) is 12.7. The predicted molar refractivity (Wildman–Crippen MR) is 77.9 cm³/mol. The van der Waals surface area contributed by atoms with E-state index < -0.39 is 0 Å². The van der Waals surface area contributed by atoms with Crippen LogP contribution in [0.5, 0.6) is 0 Å². The van der Waals surface area contributed by atoms with Gasteiger partial charge in [-0.15, -0.1) is 0 Å². The third kappa shape index (κ3) is 2.64.